The van der Waals surface area contributed by atoms with E-state index in [1.807, 2.05) is 29.2 Å². The van der Waals surface area contributed by atoms with Crippen molar-refractivity contribution in [2.75, 3.05) is 31.3 Å². The summed E-state index contributed by atoms with van der Waals surface area (Å²) in [6.07, 6.45) is 3.08. The average molecular weight is 363 g/mol. The molecular weight excluding hydrogens is 342 g/mol. The number of benzene rings is 2. The minimum Gasteiger partial charge on any atom is -0.493 e. The number of fused-ring (bicyclic) bond motifs is 5. The van der Waals surface area contributed by atoms with Crippen LogP contribution in [0.4, 0.5) is 5.69 Å². The Balaban J connectivity index is 1.49. The fourth-order valence-electron chi connectivity index (χ4n) is 5.02. The molecule has 0 N–H and O–H groups in total. The van der Waals surface area contributed by atoms with Gasteiger partial charge in [-0.3, -0.25) is 4.79 Å². The standard InChI is InChI=1S/C22H21NO4/c24-21-22(13-27-20-11-19-14(7-9-26-19)10-17(20)22)16-5-1-2-6-18(16)23(21)12-15-4-3-8-25-15/h1-2,5-6,10-11,15H,3-4,7-9,12-13H2. The van der Waals surface area contributed by atoms with E-state index in [4.69, 9.17) is 14.2 Å². The van der Waals surface area contributed by atoms with Gasteiger partial charge in [0, 0.05) is 30.3 Å². The van der Waals surface area contributed by atoms with Gasteiger partial charge in [0.25, 0.3) is 0 Å². The smallest absolute Gasteiger partial charge is 0.245 e. The van der Waals surface area contributed by atoms with Crippen LogP contribution in [0.2, 0.25) is 0 Å². The lowest BCUT2D eigenvalue weighted by molar-refractivity contribution is -0.122. The summed E-state index contributed by atoms with van der Waals surface area (Å²) in [4.78, 5) is 15.7. The van der Waals surface area contributed by atoms with E-state index < -0.39 is 5.41 Å². The van der Waals surface area contributed by atoms with Crippen molar-refractivity contribution >= 4 is 11.6 Å². The first-order valence-electron chi connectivity index (χ1n) is 9.73. The lowest BCUT2D eigenvalue weighted by atomic mass is 9.76. The maximum Gasteiger partial charge on any atom is 0.245 e. The minimum atomic E-state index is -0.748. The molecule has 0 aliphatic carbocycles. The summed E-state index contributed by atoms with van der Waals surface area (Å²) in [6, 6.07) is 12.2. The van der Waals surface area contributed by atoms with Gasteiger partial charge in [-0.05, 0) is 36.1 Å². The van der Waals surface area contributed by atoms with Crippen LogP contribution in [0, 0.1) is 0 Å². The molecule has 1 amide bonds. The van der Waals surface area contributed by atoms with Gasteiger partial charge >= 0.3 is 0 Å². The third-order valence-corrected chi connectivity index (χ3v) is 6.37. The molecule has 2 unspecified atom stereocenters. The monoisotopic (exact) mass is 363 g/mol. The highest BCUT2D eigenvalue weighted by molar-refractivity contribution is 6.11. The number of ether oxygens (including phenoxy) is 3. The van der Waals surface area contributed by atoms with E-state index in [9.17, 15) is 4.79 Å². The van der Waals surface area contributed by atoms with Gasteiger partial charge in [0.15, 0.2) is 0 Å². The third-order valence-electron chi connectivity index (χ3n) is 6.37. The second kappa shape index (κ2) is 5.49. The van der Waals surface area contributed by atoms with E-state index in [1.165, 1.54) is 5.56 Å². The lowest BCUT2D eigenvalue weighted by Crippen LogP contribution is -2.45. The summed E-state index contributed by atoms with van der Waals surface area (Å²) in [6.45, 7) is 2.45. The van der Waals surface area contributed by atoms with Crippen molar-refractivity contribution < 1.29 is 19.0 Å². The number of para-hydroxylation sites is 1. The maximum absolute atomic E-state index is 13.8. The molecule has 0 bridgehead atoms. The fraction of sp³-hybridized carbons (Fsp3) is 0.409. The summed E-state index contributed by atoms with van der Waals surface area (Å²) >= 11 is 0. The van der Waals surface area contributed by atoms with Crippen LogP contribution in [0.3, 0.4) is 0 Å². The minimum absolute atomic E-state index is 0.108. The Bertz CT molecular complexity index is 949. The topological polar surface area (TPSA) is 48.0 Å². The Morgan fingerprint density at radius 3 is 2.89 bits per heavy atom. The van der Waals surface area contributed by atoms with E-state index in [0.717, 1.165) is 54.2 Å². The van der Waals surface area contributed by atoms with Crippen molar-refractivity contribution in [1.29, 1.82) is 0 Å². The van der Waals surface area contributed by atoms with Crippen LogP contribution in [0.15, 0.2) is 36.4 Å². The van der Waals surface area contributed by atoms with E-state index in [-0.39, 0.29) is 12.0 Å². The number of nitrogens with zero attached hydrogens (tertiary/aromatic N) is 1. The molecule has 4 aliphatic rings. The van der Waals surface area contributed by atoms with Crippen molar-refractivity contribution in [2.45, 2.75) is 30.8 Å². The normalized spacial score (nSPS) is 27.5. The van der Waals surface area contributed by atoms with Crippen molar-refractivity contribution in [3.63, 3.8) is 0 Å². The first kappa shape index (κ1) is 15.5. The number of amides is 1. The molecule has 2 atom stereocenters. The number of carbonyl (C=O) groups excluding carboxylic acids is 1. The van der Waals surface area contributed by atoms with Crippen LogP contribution >= 0.6 is 0 Å². The van der Waals surface area contributed by atoms with E-state index in [1.54, 1.807) is 0 Å². The number of anilines is 1. The van der Waals surface area contributed by atoms with Crippen LogP contribution < -0.4 is 14.4 Å². The van der Waals surface area contributed by atoms with Crippen LogP contribution in [0.1, 0.15) is 29.5 Å². The molecule has 0 saturated carbocycles. The van der Waals surface area contributed by atoms with Gasteiger partial charge < -0.3 is 19.1 Å². The Labute approximate surface area is 157 Å². The molecule has 1 saturated heterocycles. The van der Waals surface area contributed by atoms with Crippen molar-refractivity contribution in [3.05, 3.63) is 53.1 Å². The van der Waals surface area contributed by atoms with E-state index in [2.05, 4.69) is 12.1 Å². The van der Waals surface area contributed by atoms with Gasteiger partial charge in [0.2, 0.25) is 5.91 Å². The van der Waals surface area contributed by atoms with Gasteiger partial charge in [-0.1, -0.05) is 18.2 Å². The van der Waals surface area contributed by atoms with Gasteiger partial charge in [-0.25, -0.2) is 0 Å². The van der Waals surface area contributed by atoms with E-state index >= 15 is 0 Å². The largest absolute Gasteiger partial charge is 0.493 e. The van der Waals surface area contributed by atoms with E-state index in [0.29, 0.717) is 19.8 Å². The molecule has 6 rings (SSSR count). The molecule has 4 heterocycles. The number of hydrogen-bond donors (Lipinski definition) is 0. The second-order valence-corrected chi connectivity index (χ2v) is 7.82. The molecule has 0 radical (unpaired) electrons. The fourth-order valence-corrected chi connectivity index (χ4v) is 5.02. The Kier molecular flexibility index (Phi) is 3.15. The molecule has 138 valence electrons. The quantitative estimate of drug-likeness (QED) is 0.823. The van der Waals surface area contributed by atoms with Crippen LogP contribution in [-0.4, -0.2) is 38.4 Å². The summed E-state index contributed by atoms with van der Waals surface area (Å²) in [5.74, 6) is 1.77. The Hall–Kier alpha value is -2.53. The van der Waals surface area contributed by atoms with Crippen molar-refractivity contribution in [1.82, 2.24) is 0 Å². The zero-order valence-electron chi connectivity index (χ0n) is 15.1. The molecule has 5 nitrogen and oxygen atoms in total. The molecule has 4 aliphatic heterocycles. The van der Waals surface area contributed by atoms with Gasteiger partial charge in [-0.2, -0.15) is 0 Å². The average Bonchev–Trinajstić information content (AvgIpc) is 3.46. The van der Waals surface area contributed by atoms with Crippen molar-refractivity contribution in [2.24, 2.45) is 0 Å². The highest BCUT2D eigenvalue weighted by atomic mass is 16.5. The van der Waals surface area contributed by atoms with Crippen LogP contribution in [0.5, 0.6) is 11.5 Å². The first-order chi connectivity index (χ1) is 13.3. The first-order valence-corrected chi connectivity index (χ1v) is 9.73. The third kappa shape index (κ3) is 2.00. The summed E-state index contributed by atoms with van der Waals surface area (Å²) in [7, 11) is 0. The van der Waals surface area contributed by atoms with Gasteiger partial charge in [0.05, 0.1) is 19.3 Å². The zero-order valence-corrected chi connectivity index (χ0v) is 15.1. The molecule has 2 aromatic rings. The SMILES string of the molecule is O=C1N(CC2CCCO2)c2ccccc2C12COc1cc3c(cc12)CCO3. The Morgan fingerprint density at radius 1 is 1.07 bits per heavy atom. The number of carbonyl (C=O) groups is 1. The van der Waals surface area contributed by atoms with Crippen molar-refractivity contribution in [3.8, 4) is 11.5 Å². The molecule has 2 aromatic carbocycles. The van der Waals surface area contributed by atoms with Gasteiger partial charge in [-0.15, -0.1) is 0 Å². The second-order valence-electron chi connectivity index (χ2n) is 7.82. The predicted octanol–water partition coefficient (Wildman–Crippen LogP) is 2.83. The summed E-state index contributed by atoms with van der Waals surface area (Å²) in [5, 5.41) is 0. The van der Waals surface area contributed by atoms with Crippen LogP contribution in [-0.2, 0) is 21.4 Å². The molecule has 1 spiro atoms. The molecule has 27 heavy (non-hydrogen) atoms. The highest BCUT2D eigenvalue weighted by Crippen LogP contribution is 2.54. The molecule has 0 aromatic heterocycles. The predicted molar refractivity (Wildman–Crippen MR) is 99.7 cm³/mol. The van der Waals surface area contributed by atoms with Crippen LogP contribution in [0.25, 0.3) is 0 Å². The highest BCUT2D eigenvalue weighted by Gasteiger charge is 2.57. The number of rotatable bonds is 2. The number of hydrogen-bond acceptors (Lipinski definition) is 4. The zero-order chi connectivity index (χ0) is 18.0. The Morgan fingerprint density at radius 2 is 2.00 bits per heavy atom. The summed E-state index contributed by atoms with van der Waals surface area (Å²) in [5.41, 5.74) is 3.44. The maximum atomic E-state index is 13.8. The molecule has 1 fully saturated rings. The molecule has 5 heteroatoms. The summed E-state index contributed by atoms with van der Waals surface area (Å²) < 4.78 is 17.6. The van der Waals surface area contributed by atoms with Gasteiger partial charge in [0.1, 0.15) is 23.5 Å². The molecular formula is C22H21NO4. The lowest BCUT2D eigenvalue weighted by Gasteiger charge is -2.25.